The van der Waals surface area contributed by atoms with E-state index in [-0.39, 0.29) is 5.41 Å². The lowest BCUT2D eigenvalue weighted by atomic mass is 9.72. The molecule has 0 aliphatic heterocycles. The van der Waals surface area contributed by atoms with Gasteiger partial charge in [0.15, 0.2) is 11.6 Å². The van der Waals surface area contributed by atoms with E-state index in [4.69, 9.17) is 10.3 Å². The van der Waals surface area contributed by atoms with Gasteiger partial charge in [0.1, 0.15) is 0 Å². The van der Waals surface area contributed by atoms with E-state index in [1.54, 1.807) is 0 Å². The molecule has 21 heavy (non-hydrogen) atoms. The van der Waals surface area contributed by atoms with Crippen molar-refractivity contribution in [2.75, 3.05) is 5.73 Å². The molecule has 3 nitrogen and oxygen atoms in total. The third-order valence-corrected chi connectivity index (χ3v) is 5.02. The van der Waals surface area contributed by atoms with Crippen molar-refractivity contribution in [2.24, 2.45) is 0 Å². The summed E-state index contributed by atoms with van der Waals surface area (Å²) in [6.07, 6.45) is 6.13. The lowest BCUT2D eigenvalue weighted by molar-refractivity contribution is 0.242. The molecule has 0 radical (unpaired) electrons. The summed E-state index contributed by atoms with van der Waals surface area (Å²) in [5, 5.41) is 4.07. The van der Waals surface area contributed by atoms with E-state index >= 15 is 0 Å². The van der Waals surface area contributed by atoms with Gasteiger partial charge in [-0.3, -0.25) is 0 Å². The maximum Gasteiger partial charge on any atom is 0.175 e. The topological polar surface area (TPSA) is 52.0 Å². The fraction of sp³-hybridized carbons (Fsp3) is 0.500. The number of aromatic nitrogens is 1. The molecule has 0 saturated heterocycles. The monoisotopic (exact) mass is 284 g/mol. The van der Waals surface area contributed by atoms with Crippen LogP contribution in [0.25, 0.3) is 11.1 Å². The molecule has 0 bridgehead atoms. The number of nitrogens with two attached hydrogens (primary N) is 1. The van der Waals surface area contributed by atoms with Gasteiger partial charge >= 0.3 is 0 Å². The summed E-state index contributed by atoms with van der Waals surface area (Å²) in [4.78, 5) is 0. The molecule has 1 saturated carbocycles. The Morgan fingerprint density at radius 2 is 1.81 bits per heavy atom. The molecular formula is C18H24N2O. The lowest BCUT2D eigenvalue weighted by Gasteiger charge is -2.31. The summed E-state index contributed by atoms with van der Waals surface area (Å²) in [7, 11) is 0. The number of rotatable bonds is 2. The summed E-state index contributed by atoms with van der Waals surface area (Å²) in [6.45, 7) is 6.54. The predicted octanol–water partition coefficient (Wildman–Crippen LogP) is 4.76. The van der Waals surface area contributed by atoms with Crippen LogP contribution in [0.15, 0.2) is 22.7 Å². The summed E-state index contributed by atoms with van der Waals surface area (Å²) in [5.74, 6) is 1.49. The zero-order valence-electron chi connectivity index (χ0n) is 13.2. The highest BCUT2D eigenvalue weighted by molar-refractivity contribution is 5.77. The van der Waals surface area contributed by atoms with E-state index in [2.05, 4.69) is 44.1 Å². The molecular weight excluding hydrogens is 260 g/mol. The van der Waals surface area contributed by atoms with Crippen molar-refractivity contribution in [3.63, 3.8) is 0 Å². The summed E-state index contributed by atoms with van der Waals surface area (Å²) < 4.78 is 5.69. The number of benzene rings is 1. The van der Waals surface area contributed by atoms with Crippen LogP contribution in [0.1, 0.15) is 55.9 Å². The number of nitrogen functional groups attached to an aromatic ring is 1. The maximum atomic E-state index is 6.12. The van der Waals surface area contributed by atoms with Crippen LogP contribution in [-0.2, 0) is 5.41 Å². The standard InChI is InChI=1S/C18H24N2O/c1-12-7-8-14(11-13(12)2)15-16(21-20-17(15)19)18(3)9-5-4-6-10-18/h7-8,11H,4-6,9-10H2,1-3H3,(H2,19,20). The predicted molar refractivity (Wildman–Crippen MR) is 86.3 cm³/mol. The summed E-state index contributed by atoms with van der Waals surface area (Å²) in [6, 6.07) is 6.46. The van der Waals surface area contributed by atoms with Crippen molar-refractivity contribution in [3.05, 3.63) is 35.1 Å². The van der Waals surface area contributed by atoms with Gasteiger partial charge in [0.25, 0.3) is 0 Å². The normalized spacial score (nSPS) is 17.9. The largest absolute Gasteiger partial charge is 0.380 e. The van der Waals surface area contributed by atoms with Gasteiger partial charge in [0.05, 0.1) is 5.56 Å². The Morgan fingerprint density at radius 3 is 2.48 bits per heavy atom. The van der Waals surface area contributed by atoms with Crippen molar-refractivity contribution < 1.29 is 4.52 Å². The molecule has 1 heterocycles. The molecule has 1 aliphatic carbocycles. The third-order valence-electron chi connectivity index (χ3n) is 5.02. The van der Waals surface area contributed by atoms with E-state index in [0.717, 1.165) is 29.7 Å². The lowest BCUT2D eigenvalue weighted by Crippen LogP contribution is -2.25. The van der Waals surface area contributed by atoms with Gasteiger partial charge in [-0.05, 0) is 43.4 Å². The van der Waals surface area contributed by atoms with Crippen molar-refractivity contribution in [3.8, 4) is 11.1 Å². The number of nitrogens with zero attached hydrogens (tertiary/aromatic N) is 1. The molecule has 2 N–H and O–H groups in total. The van der Waals surface area contributed by atoms with Crippen molar-refractivity contribution in [2.45, 2.75) is 58.3 Å². The molecule has 2 aromatic rings. The van der Waals surface area contributed by atoms with Gasteiger partial charge in [0, 0.05) is 5.41 Å². The molecule has 112 valence electrons. The maximum absolute atomic E-state index is 6.12. The summed E-state index contributed by atoms with van der Waals surface area (Å²) >= 11 is 0. The first-order chi connectivity index (χ1) is 10.0. The fourth-order valence-electron chi connectivity index (χ4n) is 3.45. The van der Waals surface area contributed by atoms with Gasteiger partial charge in [-0.15, -0.1) is 0 Å². The Morgan fingerprint density at radius 1 is 1.10 bits per heavy atom. The Balaban J connectivity index is 2.10. The van der Waals surface area contributed by atoms with Gasteiger partial charge in [-0.2, -0.15) is 0 Å². The van der Waals surface area contributed by atoms with Gasteiger partial charge in [0.2, 0.25) is 0 Å². The molecule has 3 rings (SSSR count). The van der Waals surface area contributed by atoms with Crippen LogP contribution >= 0.6 is 0 Å². The summed E-state index contributed by atoms with van der Waals surface area (Å²) in [5.41, 5.74) is 10.9. The van der Waals surface area contributed by atoms with Crippen LogP contribution in [0.3, 0.4) is 0 Å². The SMILES string of the molecule is Cc1ccc(-c2c(N)noc2C2(C)CCCCC2)cc1C. The number of hydrogen-bond donors (Lipinski definition) is 1. The molecule has 1 fully saturated rings. The third kappa shape index (κ3) is 2.45. The molecule has 0 amide bonds. The number of anilines is 1. The number of hydrogen-bond acceptors (Lipinski definition) is 3. The first-order valence-electron chi connectivity index (χ1n) is 7.84. The average Bonchev–Trinajstić information content (AvgIpc) is 2.85. The minimum absolute atomic E-state index is 0.0665. The number of aryl methyl sites for hydroxylation is 2. The van der Waals surface area contributed by atoms with Crippen molar-refractivity contribution in [1.82, 2.24) is 5.16 Å². The highest BCUT2D eigenvalue weighted by Gasteiger charge is 2.36. The van der Waals surface area contributed by atoms with Gasteiger partial charge in [-0.1, -0.05) is 49.5 Å². The molecule has 1 aromatic heterocycles. The molecule has 0 unspecified atom stereocenters. The van der Waals surface area contributed by atoms with E-state index < -0.39 is 0 Å². The molecule has 0 atom stereocenters. The Bertz CT molecular complexity index is 651. The highest BCUT2D eigenvalue weighted by Crippen LogP contribution is 2.45. The molecule has 1 aliphatic rings. The van der Waals surface area contributed by atoms with Crippen molar-refractivity contribution in [1.29, 1.82) is 0 Å². The van der Waals surface area contributed by atoms with E-state index in [9.17, 15) is 0 Å². The smallest absolute Gasteiger partial charge is 0.175 e. The Kier molecular flexibility index (Phi) is 3.52. The first-order valence-corrected chi connectivity index (χ1v) is 7.84. The second-order valence-electron chi connectivity index (χ2n) is 6.69. The van der Waals surface area contributed by atoms with E-state index in [1.165, 1.54) is 30.4 Å². The van der Waals surface area contributed by atoms with E-state index in [0.29, 0.717) is 5.82 Å². The van der Waals surface area contributed by atoms with Crippen LogP contribution in [0.2, 0.25) is 0 Å². The molecule has 1 aromatic carbocycles. The second-order valence-corrected chi connectivity index (χ2v) is 6.69. The zero-order chi connectivity index (χ0) is 15.0. The fourth-order valence-corrected chi connectivity index (χ4v) is 3.45. The van der Waals surface area contributed by atoms with Gasteiger partial charge < -0.3 is 10.3 Å². The van der Waals surface area contributed by atoms with Crippen LogP contribution in [0.5, 0.6) is 0 Å². The average molecular weight is 284 g/mol. The Labute approximate surface area is 126 Å². The second kappa shape index (κ2) is 5.21. The Hall–Kier alpha value is -1.77. The zero-order valence-corrected chi connectivity index (χ0v) is 13.2. The highest BCUT2D eigenvalue weighted by atomic mass is 16.5. The van der Waals surface area contributed by atoms with Crippen LogP contribution in [0, 0.1) is 13.8 Å². The first kappa shape index (κ1) is 14.2. The van der Waals surface area contributed by atoms with Gasteiger partial charge in [-0.25, -0.2) is 0 Å². The quantitative estimate of drug-likeness (QED) is 0.864. The van der Waals surface area contributed by atoms with Crippen LogP contribution in [0.4, 0.5) is 5.82 Å². The van der Waals surface area contributed by atoms with E-state index in [1.807, 2.05) is 0 Å². The van der Waals surface area contributed by atoms with Crippen LogP contribution in [-0.4, -0.2) is 5.16 Å². The van der Waals surface area contributed by atoms with Crippen LogP contribution < -0.4 is 5.73 Å². The minimum Gasteiger partial charge on any atom is -0.380 e. The molecule has 3 heteroatoms. The van der Waals surface area contributed by atoms with Crippen molar-refractivity contribution >= 4 is 5.82 Å². The minimum atomic E-state index is 0.0665. The molecule has 0 spiro atoms.